The Labute approximate surface area is 174 Å². The van der Waals surface area contributed by atoms with Gasteiger partial charge in [0.1, 0.15) is 0 Å². The largest absolute Gasteiger partial charge is 0.586 e. The second-order valence-corrected chi connectivity index (χ2v) is 7.87. The summed E-state index contributed by atoms with van der Waals surface area (Å²) < 4.78 is 41.5. The van der Waals surface area contributed by atoms with Crippen LogP contribution in [0.1, 0.15) is 38.2 Å². The monoisotopic (exact) mass is 417 g/mol. The summed E-state index contributed by atoms with van der Waals surface area (Å²) in [6.45, 7) is 6.24. The molecule has 0 aromatic heterocycles. The van der Waals surface area contributed by atoms with Crippen LogP contribution in [0.25, 0.3) is 0 Å². The van der Waals surface area contributed by atoms with E-state index < -0.39 is 11.7 Å². The SMILES string of the molecule is C=C/C=C(\C=C/C)[C@@H]1C[C@H](NC(=O)C2(c3ccc4c(c3)OC(F)(F)O4)CC2)CCO1. The summed E-state index contributed by atoms with van der Waals surface area (Å²) in [4.78, 5) is 13.1. The van der Waals surface area contributed by atoms with Crippen LogP contribution in [0.5, 0.6) is 11.5 Å². The Hall–Kier alpha value is -2.67. The van der Waals surface area contributed by atoms with E-state index in [2.05, 4.69) is 21.4 Å². The lowest BCUT2D eigenvalue weighted by Crippen LogP contribution is -2.46. The number of amides is 1. The molecule has 1 N–H and O–H groups in total. The second kappa shape index (κ2) is 7.87. The van der Waals surface area contributed by atoms with Crippen LogP contribution in [0, 0.1) is 0 Å². The first kappa shape index (κ1) is 20.6. The minimum atomic E-state index is -3.67. The van der Waals surface area contributed by atoms with Crippen molar-refractivity contribution in [2.75, 3.05) is 6.61 Å². The van der Waals surface area contributed by atoms with Gasteiger partial charge in [0.2, 0.25) is 5.91 Å². The fourth-order valence-corrected chi connectivity index (χ4v) is 4.10. The molecule has 0 bridgehead atoms. The van der Waals surface area contributed by atoms with Gasteiger partial charge in [-0.3, -0.25) is 4.79 Å². The maximum Gasteiger partial charge on any atom is 0.586 e. The Morgan fingerprint density at radius 2 is 2.03 bits per heavy atom. The van der Waals surface area contributed by atoms with Crippen molar-refractivity contribution in [1.82, 2.24) is 5.32 Å². The van der Waals surface area contributed by atoms with E-state index in [-0.39, 0.29) is 29.6 Å². The van der Waals surface area contributed by atoms with Crippen LogP contribution < -0.4 is 14.8 Å². The average Bonchev–Trinajstić information content (AvgIpc) is 3.45. The molecule has 1 saturated heterocycles. The summed E-state index contributed by atoms with van der Waals surface area (Å²) >= 11 is 0. The summed E-state index contributed by atoms with van der Waals surface area (Å²) in [6.07, 6.45) is 6.53. The third-order valence-electron chi connectivity index (χ3n) is 5.80. The van der Waals surface area contributed by atoms with Crippen molar-refractivity contribution in [3.05, 3.63) is 60.2 Å². The van der Waals surface area contributed by atoms with Crippen LogP contribution in [0.15, 0.2) is 54.7 Å². The number of fused-ring (bicyclic) bond motifs is 1. The lowest BCUT2D eigenvalue weighted by Gasteiger charge is -2.32. The molecular weight excluding hydrogens is 392 g/mol. The molecule has 2 atom stereocenters. The third kappa shape index (κ3) is 3.99. The molecule has 0 spiro atoms. The van der Waals surface area contributed by atoms with Gasteiger partial charge in [-0.1, -0.05) is 36.9 Å². The molecule has 2 aliphatic heterocycles. The van der Waals surface area contributed by atoms with E-state index in [0.29, 0.717) is 31.4 Å². The summed E-state index contributed by atoms with van der Waals surface area (Å²) in [5.41, 5.74) is 0.988. The maximum atomic E-state index is 13.3. The molecule has 1 aromatic carbocycles. The first-order valence-corrected chi connectivity index (χ1v) is 10.1. The van der Waals surface area contributed by atoms with Gasteiger partial charge < -0.3 is 19.5 Å². The van der Waals surface area contributed by atoms with Crippen molar-refractivity contribution in [3.63, 3.8) is 0 Å². The molecule has 1 aromatic rings. The second-order valence-electron chi connectivity index (χ2n) is 7.87. The number of nitrogens with one attached hydrogen (secondary N) is 1. The van der Waals surface area contributed by atoms with Crippen LogP contribution >= 0.6 is 0 Å². The molecule has 1 aliphatic carbocycles. The Balaban J connectivity index is 1.45. The highest BCUT2D eigenvalue weighted by atomic mass is 19.3. The van der Waals surface area contributed by atoms with Crippen molar-refractivity contribution < 1.29 is 27.8 Å². The zero-order valence-electron chi connectivity index (χ0n) is 16.8. The number of hydrogen-bond donors (Lipinski definition) is 1. The van der Waals surface area contributed by atoms with E-state index >= 15 is 0 Å². The highest BCUT2D eigenvalue weighted by Crippen LogP contribution is 2.52. The first-order valence-electron chi connectivity index (χ1n) is 10.1. The van der Waals surface area contributed by atoms with Crippen molar-refractivity contribution in [3.8, 4) is 11.5 Å². The quantitative estimate of drug-likeness (QED) is 0.698. The van der Waals surface area contributed by atoms with Crippen LogP contribution in [-0.4, -0.2) is 31.0 Å². The van der Waals surface area contributed by atoms with E-state index in [1.54, 1.807) is 12.1 Å². The normalized spacial score (nSPS) is 26.4. The summed E-state index contributed by atoms with van der Waals surface area (Å²) in [7, 11) is 0. The van der Waals surface area contributed by atoms with Crippen LogP contribution in [0.4, 0.5) is 8.78 Å². The molecule has 0 radical (unpaired) electrons. The number of carbonyl (C=O) groups is 1. The van der Waals surface area contributed by atoms with Crippen molar-refractivity contribution in [1.29, 1.82) is 0 Å². The van der Waals surface area contributed by atoms with Gasteiger partial charge in [-0.15, -0.1) is 8.78 Å². The minimum absolute atomic E-state index is 0.0160. The summed E-state index contributed by atoms with van der Waals surface area (Å²) in [5, 5.41) is 3.16. The van der Waals surface area contributed by atoms with Gasteiger partial charge in [0.15, 0.2) is 11.5 Å². The van der Waals surface area contributed by atoms with Crippen LogP contribution in [0.3, 0.4) is 0 Å². The fourth-order valence-electron chi connectivity index (χ4n) is 4.10. The van der Waals surface area contributed by atoms with Crippen LogP contribution in [-0.2, 0) is 14.9 Å². The molecule has 4 rings (SSSR count). The molecule has 30 heavy (non-hydrogen) atoms. The Morgan fingerprint density at radius 1 is 1.27 bits per heavy atom. The van der Waals surface area contributed by atoms with E-state index in [4.69, 9.17) is 4.74 Å². The van der Waals surface area contributed by atoms with E-state index in [9.17, 15) is 13.6 Å². The number of benzene rings is 1. The molecular formula is C23H25F2NO4. The van der Waals surface area contributed by atoms with Gasteiger partial charge in [0.05, 0.1) is 11.5 Å². The lowest BCUT2D eigenvalue weighted by molar-refractivity contribution is -0.286. The highest BCUT2D eigenvalue weighted by Gasteiger charge is 2.53. The maximum absolute atomic E-state index is 13.3. The van der Waals surface area contributed by atoms with Gasteiger partial charge in [-0.25, -0.2) is 0 Å². The molecule has 2 fully saturated rings. The average molecular weight is 417 g/mol. The molecule has 2 heterocycles. The van der Waals surface area contributed by atoms with Crippen LogP contribution in [0.2, 0.25) is 0 Å². The Bertz CT molecular complexity index is 904. The third-order valence-corrected chi connectivity index (χ3v) is 5.80. The standard InChI is InChI=1S/C23H25F2NO4/c1-3-5-15(6-4-2)19-14-17(9-12-28-19)26-21(27)22(10-11-22)16-7-8-18-20(13-16)30-23(24,25)29-18/h3-8,13,17,19H,1,9-12,14H2,2H3,(H,26,27)/b6-4-,15-5+/t17-,19+/m1/s1. The minimum Gasteiger partial charge on any atom is -0.395 e. The number of allylic oxidation sites excluding steroid dienone is 3. The van der Waals surface area contributed by atoms with Gasteiger partial charge in [-0.05, 0) is 55.9 Å². The molecule has 0 unspecified atom stereocenters. The molecule has 1 amide bonds. The number of carbonyl (C=O) groups excluding carboxylic acids is 1. The topological polar surface area (TPSA) is 56.8 Å². The number of alkyl halides is 2. The number of hydrogen-bond acceptors (Lipinski definition) is 4. The summed E-state index contributed by atoms with van der Waals surface area (Å²) in [5.74, 6) is -0.134. The Kier molecular flexibility index (Phi) is 5.40. The zero-order chi connectivity index (χ0) is 21.4. The molecule has 7 heteroatoms. The smallest absolute Gasteiger partial charge is 0.395 e. The van der Waals surface area contributed by atoms with Gasteiger partial charge in [-0.2, -0.15) is 0 Å². The first-order chi connectivity index (χ1) is 14.4. The highest BCUT2D eigenvalue weighted by molar-refractivity contribution is 5.91. The lowest BCUT2D eigenvalue weighted by atomic mass is 9.92. The number of halogens is 2. The molecule has 3 aliphatic rings. The molecule has 5 nitrogen and oxygen atoms in total. The summed E-state index contributed by atoms with van der Waals surface area (Å²) in [6, 6.07) is 4.57. The Morgan fingerprint density at radius 3 is 2.73 bits per heavy atom. The predicted octanol–water partition coefficient (Wildman–Crippen LogP) is 4.39. The fraction of sp³-hybridized carbons (Fsp3) is 0.435. The molecule has 160 valence electrons. The molecule has 1 saturated carbocycles. The van der Waals surface area contributed by atoms with E-state index in [1.807, 2.05) is 25.2 Å². The van der Waals surface area contributed by atoms with Gasteiger partial charge in [0.25, 0.3) is 0 Å². The van der Waals surface area contributed by atoms with Crippen molar-refractivity contribution in [2.45, 2.75) is 56.5 Å². The van der Waals surface area contributed by atoms with Crippen molar-refractivity contribution >= 4 is 5.91 Å². The number of ether oxygens (including phenoxy) is 3. The van der Waals surface area contributed by atoms with Gasteiger partial charge in [0, 0.05) is 12.6 Å². The van der Waals surface area contributed by atoms with Crippen molar-refractivity contribution in [2.24, 2.45) is 0 Å². The van der Waals surface area contributed by atoms with E-state index in [0.717, 1.165) is 12.0 Å². The zero-order valence-corrected chi connectivity index (χ0v) is 16.8. The van der Waals surface area contributed by atoms with E-state index in [1.165, 1.54) is 12.1 Å². The van der Waals surface area contributed by atoms with Gasteiger partial charge >= 0.3 is 6.29 Å². The number of rotatable bonds is 6. The predicted molar refractivity (Wildman–Crippen MR) is 108 cm³/mol.